The summed E-state index contributed by atoms with van der Waals surface area (Å²) in [5.74, 6) is 0. The molecule has 0 saturated heterocycles. The first-order chi connectivity index (χ1) is 9.31. The van der Waals surface area contributed by atoms with E-state index in [2.05, 4.69) is 35.8 Å². The van der Waals surface area contributed by atoms with E-state index in [1.54, 1.807) is 18.3 Å². The lowest BCUT2D eigenvalue weighted by atomic mass is 10.2. The molecule has 1 saturated carbocycles. The second kappa shape index (κ2) is 5.79. The zero-order valence-corrected chi connectivity index (χ0v) is 13.1. The molecule has 1 aliphatic rings. The van der Waals surface area contributed by atoms with E-state index in [1.807, 2.05) is 0 Å². The molecule has 1 aromatic rings. The third-order valence-electron chi connectivity index (χ3n) is 3.58. The van der Waals surface area contributed by atoms with E-state index in [1.165, 1.54) is 0 Å². The van der Waals surface area contributed by atoms with Crippen molar-refractivity contribution in [2.45, 2.75) is 51.2 Å². The van der Waals surface area contributed by atoms with Crippen LogP contribution in [0.2, 0.25) is 0 Å². The Balaban J connectivity index is 1.97. The van der Waals surface area contributed by atoms with Crippen molar-refractivity contribution >= 4 is 10.0 Å². The Bertz CT molecular complexity index is 548. The Morgan fingerprint density at radius 2 is 2.05 bits per heavy atom. The number of hydrogen-bond acceptors (Lipinski definition) is 4. The van der Waals surface area contributed by atoms with Crippen LogP contribution < -0.4 is 10.0 Å². The molecule has 6 heteroatoms. The van der Waals surface area contributed by atoms with E-state index in [9.17, 15) is 8.42 Å². The molecule has 0 spiro atoms. The molecule has 0 radical (unpaired) electrons. The number of nitrogens with zero attached hydrogens (tertiary/aromatic N) is 1. The number of aromatic nitrogens is 1. The van der Waals surface area contributed by atoms with Gasteiger partial charge in [-0.05, 0) is 29.9 Å². The highest BCUT2D eigenvalue weighted by atomic mass is 32.2. The van der Waals surface area contributed by atoms with Gasteiger partial charge in [0.2, 0.25) is 0 Å². The topological polar surface area (TPSA) is 71.1 Å². The van der Waals surface area contributed by atoms with Gasteiger partial charge >= 0.3 is 0 Å². The fourth-order valence-electron chi connectivity index (χ4n) is 1.73. The van der Waals surface area contributed by atoms with Gasteiger partial charge in [0.15, 0.2) is 5.03 Å². The lowest BCUT2D eigenvalue weighted by molar-refractivity contribution is 0.528. The molecule has 0 bridgehead atoms. The molecule has 1 heterocycles. The summed E-state index contributed by atoms with van der Waals surface area (Å²) in [4.78, 5) is 4.06. The third-order valence-corrected chi connectivity index (χ3v) is 4.90. The predicted molar refractivity (Wildman–Crippen MR) is 78.7 cm³/mol. The second-order valence-electron chi connectivity index (χ2n) is 6.18. The van der Waals surface area contributed by atoms with E-state index >= 15 is 0 Å². The van der Waals surface area contributed by atoms with Gasteiger partial charge < -0.3 is 5.32 Å². The summed E-state index contributed by atoms with van der Waals surface area (Å²) in [6, 6.07) is 3.75. The van der Waals surface area contributed by atoms with Crippen molar-refractivity contribution in [3.05, 3.63) is 23.9 Å². The summed E-state index contributed by atoms with van der Waals surface area (Å²) in [6.07, 6.45) is 3.79. The van der Waals surface area contributed by atoms with Gasteiger partial charge in [0.25, 0.3) is 10.0 Å². The maximum absolute atomic E-state index is 12.1. The van der Waals surface area contributed by atoms with Crippen molar-refractivity contribution in [3.8, 4) is 0 Å². The van der Waals surface area contributed by atoms with Gasteiger partial charge in [-0.2, -0.15) is 0 Å². The fourth-order valence-corrected chi connectivity index (χ4v) is 2.85. The van der Waals surface area contributed by atoms with Crippen molar-refractivity contribution in [1.29, 1.82) is 0 Å². The number of rotatable bonds is 7. The third kappa shape index (κ3) is 4.26. The Morgan fingerprint density at radius 3 is 2.55 bits per heavy atom. The molecule has 2 rings (SSSR count). The van der Waals surface area contributed by atoms with Crippen molar-refractivity contribution in [1.82, 2.24) is 15.0 Å². The number of hydrogen-bond donors (Lipinski definition) is 2. The molecule has 0 atom stereocenters. The minimum atomic E-state index is -3.48. The van der Waals surface area contributed by atoms with Crippen LogP contribution in [0.4, 0.5) is 0 Å². The molecular weight excluding hydrogens is 274 g/mol. The van der Waals surface area contributed by atoms with E-state index in [-0.39, 0.29) is 10.4 Å². The van der Waals surface area contributed by atoms with Gasteiger partial charge in [0, 0.05) is 25.3 Å². The van der Waals surface area contributed by atoms with Crippen molar-refractivity contribution in [2.75, 3.05) is 6.54 Å². The predicted octanol–water partition coefficient (Wildman–Crippen LogP) is 1.66. The van der Waals surface area contributed by atoms with Crippen LogP contribution in [-0.2, 0) is 16.6 Å². The van der Waals surface area contributed by atoms with Crippen LogP contribution in [0.25, 0.3) is 0 Å². The van der Waals surface area contributed by atoms with Crippen LogP contribution in [0.15, 0.2) is 23.4 Å². The fraction of sp³-hybridized carbons (Fsp3) is 0.643. The zero-order chi connectivity index (χ0) is 14.8. The first-order valence-corrected chi connectivity index (χ1v) is 8.47. The Hall–Kier alpha value is -0.980. The maximum Gasteiger partial charge on any atom is 0.258 e. The zero-order valence-electron chi connectivity index (χ0n) is 12.3. The lowest BCUT2D eigenvalue weighted by Gasteiger charge is -2.11. The second-order valence-corrected chi connectivity index (χ2v) is 7.89. The molecule has 0 amide bonds. The Kier molecular flexibility index (Phi) is 4.46. The van der Waals surface area contributed by atoms with Gasteiger partial charge in [-0.3, -0.25) is 0 Å². The lowest BCUT2D eigenvalue weighted by Crippen LogP contribution is -2.29. The first kappa shape index (κ1) is 15.4. The molecule has 5 nitrogen and oxygen atoms in total. The molecule has 1 aliphatic carbocycles. The van der Waals surface area contributed by atoms with Gasteiger partial charge in [-0.15, -0.1) is 0 Å². The van der Waals surface area contributed by atoms with Gasteiger partial charge in [-0.25, -0.2) is 18.1 Å². The van der Waals surface area contributed by atoms with E-state index in [0.29, 0.717) is 19.1 Å². The van der Waals surface area contributed by atoms with Crippen LogP contribution in [-0.4, -0.2) is 26.0 Å². The average molecular weight is 297 g/mol. The highest BCUT2D eigenvalue weighted by Gasteiger charge is 2.38. The quantitative estimate of drug-likeness (QED) is 0.803. The van der Waals surface area contributed by atoms with E-state index in [4.69, 9.17) is 0 Å². The molecule has 0 unspecified atom stereocenters. The standard InChI is InChI=1S/C14H23N3O2S/c1-11(2)15-8-12-4-5-13(16-9-12)20(18,19)17-10-14(3)6-7-14/h4-5,9,11,15,17H,6-8,10H2,1-3H3. The normalized spacial score (nSPS) is 17.4. The van der Waals surface area contributed by atoms with Crippen LogP contribution in [0.1, 0.15) is 39.2 Å². The molecule has 1 aromatic heterocycles. The number of nitrogens with one attached hydrogen (secondary N) is 2. The highest BCUT2D eigenvalue weighted by Crippen LogP contribution is 2.44. The largest absolute Gasteiger partial charge is 0.310 e. The van der Waals surface area contributed by atoms with E-state index < -0.39 is 10.0 Å². The monoisotopic (exact) mass is 297 g/mol. The summed E-state index contributed by atoms with van der Waals surface area (Å²) in [6.45, 7) is 7.40. The molecule has 20 heavy (non-hydrogen) atoms. The molecule has 112 valence electrons. The van der Waals surface area contributed by atoms with Crippen LogP contribution in [0.3, 0.4) is 0 Å². The number of sulfonamides is 1. The van der Waals surface area contributed by atoms with Crippen molar-refractivity contribution in [2.24, 2.45) is 5.41 Å². The Morgan fingerprint density at radius 1 is 1.35 bits per heavy atom. The van der Waals surface area contributed by atoms with Gasteiger partial charge in [0.05, 0.1) is 0 Å². The summed E-state index contributed by atoms with van der Waals surface area (Å²) in [7, 11) is -3.48. The molecule has 0 aliphatic heterocycles. The molecule has 1 fully saturated rings. The molecule has 2 N–H and O–H groups in total. The van der Waals surface area contributed by atoms with Gasteiger partial charge in [-0.1, -0.05) is 26.8 Å². The minimum absolute atomic E-state index is 0.0926. The molecule has 0 aromatic carbocycles. The van der Waals surface area contributed by atoms with E-state index in [0.717, 1.165) is 18.4 Å². The van der Waals surface area contributed by atoms with Crippen molar-refractivity contribution in [3.63, 3.8) is 0 Å². The van der Waals surface area contributed by atoms with Gasteiger partial charge in [0.1, 0.15) is 0 Å². The summed E-state index contributed by atoms with van der Waals surface area (Å²) < 4.78 is 26.8. The van der Waals surface area contributed by atoms with Crippen LogP contribution >= 0.6 is 0 Å². The number of pyridine rings is 1. The smallest absolute Gasteiger partial charge is 0.258 e. The first-order valence-electron chi connectivity index (χ1n) is 6.99. The summed E-state index contributed by atoms with van der Waals surface area (Å²) in [5, 5.41) is 3.36. The summed E-state index contributed by atoms with van der Waals surface area (Å²) in [5.41, 5.74) is 1.13. The molecular formula is C14H23N3O2S. The highest BCUT2D eigenvalue weighted by molar-refractivity contribution is 7.89. The van der Waals surface area contributed by atoms with Crippen LogP contribution in [0.5, 0.6) is 0 Å². The average Bonchev–Trinajstić information content (AvgIpc) is 3.13. The maximum atomic E-state index is 12.1. The Labute approximate surface area is 121 Å². The van der Waals surface area contributed by atoms with Crippen LogP contribution in [0, 0.1) is 5.41 Å². The van der Waals surface area contributed by atoms with Crippen molar-refractivity contribution < 1.29 is 8.42 Å². The minimum Gasteiger partial charge on any atom is -0.310 e. The summed E-state index contributed by atoms with van der Waals surface area (Å²) >= 11 is 0. The SMILES string of the molecule is CC(C)NCc1ccc(S(=O)(=O)NCC2(C)CC2)nc1.